The summed E-state index contributed by atoms with van der Waals surface area (Å²) >= 11 is 13.9. The Balaban J connectivity index is 2.03. The van der Waals surface area contributed by atoms with E-state index >= 15 is 0 Å². The van der Waals surface area contributed by atoms with Crippen molar-refractivity contribution in [1.82, 2.24) is 0 Å². The number of amides is 1. The lowest BCUT2D eigenvalue weighted by atomic mass is 10.2. The van der Waals surface area contributed by atoms with Crippen LogP contribution in [-0.4, -0.2) is 11.7 Å². The molecule has 1 aliphatic heterocycles. The van der Waals surface area contributed by atoms with Crippen LogP contribution in [0.15, 0.2) is 48.5 Å². The molecule has 0 aromatic heterocycles. The van der Waals surface area contributed by atoms with Gasteiger partial charge in [-0.3, -0.25) is 9.69 Å². The van der Waals surface area contributed by atoms with Gasteiger partial charge in [0.15, 0.2) is 0 Å². The Morgan fingerprint density at radius 1 is 1.10 bits per heavy atom. The van der Waals surface area contributed by atoms with Gasteiger partial charge in [-0.1, -0.05) is 47.5 Å². The van der Waals surface area contributed by atoms with E-state index < -0.39 is 0 Å². The van der Waals surface area contributed by atoms with Crippen molar-refractivity contribution >= 4 is 46.6 Å². The third-order valence-electron chi connectivity index (χ3n) is 3.13. The highest BCUT2D eigenvalue weighted by molar-refractivity contribution is 8.00. The summed E-state index contributed by atoms with van der Waals surface area (Å²) in [6.45, 7) is 0. The van der Waals surface area contributed by atoms with Gasteiger partial charge in [0.05, 0.1) is 5.75 Å². The molecule has 0 radical (unpaired) electrons. The van der Waals surface area contributed by atoms with Crippen molar-refractivity contribution in [2.45, 2.75) is 5.37 Å². The van der Waals surface area contributed by atoms with Gasteiger partial charge in [0.2, 0.25) is 5.91 Å². The maximum Gasteiger partial charge on any atom is 0.238 e. The van der Waals surface area contributed by atoms with E-state index in [0.717, 1.165) is 11.3 Å². The molecule has 1 saturated heterocycles. The summed E-state index contributed by atoms with van der Waals surface area (Å²) in [6.07, 6.45) is 0. The molecule has 2 nitrogen and oxygen atoms in total. The average molecular weight is 324 g/mol. The van der Waals surface area contributed by atoms with Gasteiger partial charge in [-0.25, -0.2) is 0 Å². The molecule has 0 saturated carbocycles. The van der Waals surface area contributed by atoms with E-state index in [9.17, 15) is 4.79 Å². The number of rotatable bonds is 2. The van der Waals surface area contributed by atoms with Crippen LogP contribution in [0.25, 0.3) is 0 Å². The van der Waals surface area contributed by atoms with Crippen molar-refractivity contribution < 1.29 is 4.79 Å². The SMILES string of the molecule is O=C1CS[C@H](c2ccccc2Cl)N1c1cccc(Cl)c1. The van der Waals surface area contributed by atoms with E-state index in [1.807, 2.05) is 36.4 Å². The first kappa shape index (κ1) is 13.8. The maximum atomic E-state index is 12.2. The molecule has 1 atom stereocenters. The topological polar surface area (TPSA) is 20.3 Å². The smallest absolute Gasteiger partial charge is 0.238 e. The number of anilines is 1. The lowest BCUT2D eigenvalue weighted by molar-refractivity contribution is -0.115. The summed E-state index contributed by atoms with van der Waals surface area (Å²) in [5.41, 5.74) is 1.75. The first-order valence-corrected chi connectivity index (χ1v) is 7.91. The number of thioether (sulfide) groups is 1. The van der Waals surface area contributed by atoms with Crippen molar-refractivity contribution in [2.75, 3.05) is 10.7 Å². The van der Waals surface area contributed by atoms with Crippen molar-refractivity contribution in [1.29, 1.82) is 0 Å². The van der Waals surface area contributed by atoms with Crippen LogP contribution in [0.1, 0.15) is 10.9 Å². The fourth-order valence-corrected chi connectivity index (χ4v) is 3.94. The average Bonchev–Trinajstić information content (AvgIpc) is 2.81. The third-order valence-corrected chi connectivity index (χ3v) is 4.90. The van der Waals surface area contributed by atoms with Crippen LogP contribution in [0, 0.1) is 0 Å². The Labute approximate surface area is 131 Å². The summed E-state index contributed by atoms with van der Waals surface area (Å²) in [5.74, 6) is 0.518. The van der Waals surface area contributed by atoms with E-state index in [2.05, 4.69) is 0 Å². The Morgan fingerprint density at radius 2 is 1.90 bits per heavy atom. The quantitative estimate of drug-likeness (QED) is 0.793. The van der Waals surface area contributed by atoms with E-state index in [1.165, 1.54) is 0 Å². The second kappa shape index (κ2) is 5.68. The highest BCUT2D eigenvalue weighted by Gasteiger charge is 2.35. The molecule has 20 heavy (non-hydrogen) atoms. The molecule has 1 heterocycles. The number of hydrogen-bond acceptors (Lipinski definition) is 2. The molecule has 0 unspecified atom stereocenters. The molecule has 0 N–H and O–H groups in total. The fourth-order valence-electron chi connectivity index (χ4n) is 2.23. The highest BCUT2D eigenvalue weighted by atomic mass is 35.5. The summed E-state index contributed by atoms with van der Waals surface area (Å²) in [7, 11) is 0. The maximum absolute atomic E-state index is 12.2. The van der Waals surface area contributed by atoms with Crippen molar-refractivity contribution in [3.05, 3.63) is 64.1 Å². The van der Waals surface area contributed by atoms with Crippen molar-refractivity contribution in [3.63, 3.8) is 0 Å². The van der Waals surface area contributed by atoms with E-state index in [0.29, 0.717) is 15.8 Å². The number of benzene rings is 2. The van der Waals surface area contributed by atoms with Crippen LogP contribution in [0.4, 0.5) is 5.69 Å². The minimum atomic E-state index is -0.102. The van der Waals surface area contributed by atoms with Gasteiger partial charge in [-0.15, -0.1) is 11.8 Å². The van der Waals surface area contributed by atoms with Crippen LogP contribution in [0.2, 0.25) is 10.0 Å². The number of carbonyl (C=O) groups is 1. The lowest BCUT2D eigenvalue weighted by Gasteiger charge is -2.25. The van der Waals surface area contributed by atoms with Gasteiger partial charge < -0.3 is 0 Å². The summed E-state index contributed by atoms with van der Waals surface area (Å²) in [5, 5.41) is 1.19. The molecule has 102 valence electrons. The summed E-state index contributed by atoms with van der Waals surface area (Å²) in [6, 6.07) is 14.9. The van der Waals surface area contributed by atoms with Crippen molar-refractivity contribution in [3.8, 4) is 0 Å². The van der Waals surface area contributed by atoms with Crippen molar-refractivity contribution in [2.24, 2.45) is 0 Å². The molecule has 1 amide bonds. The molecule has 2 aromatic rings. The molecule has 1 aliphatic rings. The molecule has 0 spiro atoms. The predicted molar refractivity (Wildman–Crippen MR) is 85.6 cm³/mol. The van der Waals surface area contributed by atoms with Gasteiger partial charge >= 0.3 is 0 Å². The number of hydrogen-bond donors (Lipinski definition) is 0. The predicted octanol–water partition coefficient (Wildman–Crippen LogP) is 4.77. The van der Waals surface area contributed by atoms with Crippen LogP contribution >= 0.6 is 35.0 Å². The van der Waals surface area contributed by atoms with E-state index in [4.69, 9.17) is 23.2 Å². The zero-order chi connectivity index (χ0) is 14.1. The molecule has 2 aromatic carbocycles. The standard InChI is InChI=1S/C15H11Cl2NOS/c16-10-4-3-5-11(8-10)18-14(19)9-20-15(18)12-6-1-2-7-13(12)17/h1-8,15H,9H2/t15-/m1/s1. The summed E-state index contributed by atoms with van der Waals surface area (Å²) in [4.78, 5) is 14.0. The third kappa shape index (κ3) is 2.53. The molecular weight excluding hydrogens is 313 g/mol. The van der Waals surface area contributed by atoms with Crippen LogP contribution in [0.5, 0.6) is 0 Å². The molecular formula is C15H11Cl2NOS. The Morgan fingerprint density at radius 3 is 2.65 bits per heavy atom. The lowest BCUT2D eigenvalue weighted by Crippen LogP contribution is -2.27. The molecule has 3 rings (SSSR count). The monoisotopic (exact) mass is 323 g/mol. The normalized spacial score (nSPS) is 18.6. The van der Waals surface area contributed by atoms with Gasteiger partial charge in [0.25, 0.3) is 0 Å². The number of carbonyl (C=O) groups excluding carboxylic acids is 1. The Bertz CT molecular complexity index is 662. The van der Waals surface area contributed by atoms with Gasteiger partial charge in [0, 0.05) is 21.3 Å². The van der Waals surface area contributed by atoms with Crippen LogP contribution in [-0.2, 0) is 4.79 Å². The largest absolute Gasteiger partial charge is 0.295 e. The van der Waals surface area contributed by atoms with Gasteiger partial charge in [0.1, 0.15) is 5.37 Å². The molecule has 0 aliphatic carbocycles. The molecule has 5 heteroatoms. The van der Waals surface area contributed by atoms with Gasteiger partial charge in [-0.05, 0) is 24.3 Å². The molecule has 0 bridgehead atoms. The second-order valence-electron chi connectivity index (χ2n) is 4.43. The minimum Gasteiger partial charge on any atom is -0.295 e. The number of halogens is 2. The fraction of sp³-hybridized carbons (Fsp3) is 0.133. The minimum absolute atomic E-state index is 0.0715. The second-order valence-corrected chi connectivity index (χ2v) is 6.34. The first-order chi connectivity index (χ1) is 9.66. The first-order valence-electron chi connectivity index (χ1n) is 6.10. The van der Waals surface area contributed by atoms with Gasteiger partial charge in [-0.2, -0.15) is 0 Å². The van der Waals surface area contributed by atoms with E-state index in [1.54, 1.807) is 28.8 Å². The van der Waals surface area contributed by atoms with E-state index in [-0.39, 0.29) is 11.3 Å². The van der Waals surface area contributed by atoms with Crippen LogP contribution < -0.4 is 4.90 Å². The zero-order valence-corrected chi connectivity index (χ0v) is 12.8. The molecule has 1 fully saturated rings. The Kier molecular flexibility index (Phi) is 3.92. The zero-order valence-electron chi connectivity index (χ0n) is 10.4. The highest BCUT2D eigenvalue weighted by Crippen LogP contribution is 2.44. The summed E-state index contributed by atoms with van der Waals surface area (Å²) < 4.78 is 0. The Hall–Kier alpha value is -1.16. The van der Waals surface area contributed by atoms with Crippen LogP contribution in [0.3, 0.4) is 0 Å². The number of nitrogens with zero attached hydrogens (tertiary/aromatic N) is 1.